The van der Waals surface area contributed by atoms with Gasteiger partial charge in [-0.05, 0) is 28.3 Å². The highest BCUT2D eigenvalue weighted by Gasteiger charge is 2.21. The van der Waals surface area contributed by atoms with E-state index in [9.17, 15) is 10.5 Å². The molecular weight excluding hydrogens is 340 g/mol. The number of nitrogens with zero attached hydrogens (tertiary/aromatic N) is 2. The maximum absolute atomic E-state index is 10.2. The Morgan fingerprint density at radius 3 is 1.43 bits per heavy atom. The summed E-state index contributed by atoms with van der Waals surface area (Å²) in [6.45, 7) is 0. The molecule has 0 fully saturated rings. The van der Waals surface area contributed by atoms with Gasteiger partial charge in [-0.3, -0.25) is 0 Å². The predicted octanol–water partition coefficient (Wildman–Crippen LogP) is 6.43. The van der Waals surface area contributed by atoms with Crippen molar-refractivity contribution in [2.24, 2.45) is 0 Å². The molecule has 2 nitrogen and oxygen atoms in total. The van der Waals surface area contributed by atoms with Gasteiger partial charge in [-0.1, -0.05) is 91.0 Å². The van der Waals surface area contributed by atoms with E-state index in [0.29, 0.717) is 16.7 Å². The van der Waals surface area contributed by atoms with Crippen molar-refractivity contribution in [1.29, 1.82) is 10.5 Å². The van der Waals surface area contributed by atoms with Crippen LogP contribution >= 0.6 is 0 Å². The molecular formula is C26H16N2. The lowest BCUT2D eigenvalue weighted by Gasteiger charge is -2.17. The minimum absolute atomic E-state index is 0.501. The topological polar surface area (TPSA) is 47.6 Å². The Balaban J connectivity index is 2.15. The van der Waals surface area contributed by atoms with E-state index < -0.39 is 0 Å². The molecule has 0 unspecified atom stereocenters. The van der Waals surface area contributed by atoms with E-state index in [1.54, 1.807) is 0 Å². The fourth-order valence-electron chi connectivity index (χ4n) is 3.54. The molecule has 0 amide bonds. The van der Waals surface area contributed by atoms with Crippen LogP contribution in [0.3, 0.4) is 0 Å². The SMILES string of the molecule is N#Cc1cc(-c2ccccc2)c(-c2ccccc2)c(C#N)c1-c1ccccc1. The highest BCUT2D eigenvalue weighted by molar-refractivity contribution is 5.95. The maximum atomic E-state index is 10.2. The molecule has 2 heteroatoms. The van der Waals surface area contributed by atoms with Crippen molar-refractivity contribution in [2.75, 3.05) is 0 Å². The van der Waals surface area contributed by atoms with E-state index in [1.807, 2.05) is 97.1 Å². The van der Waals surface area contributed by atoms with Crippen LogP contribution in [-0.4, -0.2) is 0 Å². The van der Waals surface area contributed by atoms with E-state index in [2.05, 4.69) is 12.1 Å². The lowest BCUT2D eigenvalue weighted by molar-refractivity contribution is 1.43. The van der Waals surface area contributed by atoms with Crippen LogP contribution in [0, 0.1) is 22.7 Å². The summed E-state index contributed by atoms with van der Waals surface area (Å²) in [6, 6.07) is 36.0. The van der Waals surface area contributed by atoms with Crippen LogP contribution in [0.25, 0.3) is 33.4 Å². The highest BCUT2D eigenvalue weighted by Crippen LogP contribution is 2.41. The third-order valence-corrected chi connectivity index (χ3v) is 4.77. The molecule has 0 radical (unpaired) electrons. The molecule has 0 aliphatic rings. The molecule has 0 atom stereocenters. The van der Waals surface area contributed by atoms with Gasteiger partial charge in [0.15, 0.2) is 0 Å². The van der Waals surface area contributed by atoms with Crippen molar-refractivity contribution in [1.82, 2.24) is 0 Å². The van der Waals surface area contributed by atoms with Crippen molar-refractivity contribution in [3.63, 3.8) is 0 Å². The zero-order valence-electron chi connectivity index (χ0n) is 15.1. The first-order chi connectivity index (χ1) is 13.8. The van der Waals surface area contributed by atoms with E-state index in [0.717, 1.165) is 27.8 Å². The number of hydrogen-bond donors (Lipinski definition) is 0. The van der Waals surface area contributed by atoms with Gasteiger partial charge >= 0.3 is 0 Å². The highest BCUT2D eigenvalue weighted by atomic mass is 14.3. The van der Waals surface area contributed by atoms with Crippen molar-refractivity contribution in [2.45, 2.75) is 0 Å². The quantitative estimate of drug-likeness (QED) is 0.424. The summed E-state index contributed by atoms with van der Waals surface area (Å²) < 4.78 is 0. The molecule has 0 spiro atoms. The van der Waals surface area contributed by atoms with Crippen LogP contribution in [0.15, 0.2) is 97.1 Å². The second kappa shape index (κ2) is 7.62. The lowest BCUT2D eigenvalue weighted by Crippen LogP contribution is -1.98. The summed E-state index contributed by atoms with van der Waals surface area (Å²) in [7, 11) is 0. The zero-order valence-corrected chi connectivity index (χ0v) is 15.1. The van der Waals surface area contributed by atoms with Crippen molar-refractivity contribution in [3.05, 3.63) is 108 Å². The van der Waals surface area contributed by atoms with Gasteiger partial charge in [0.2, 0.25) is 0 Å². The van der Waals surface area contributed by atoms with Gasteiger partial charge in [0.05, 0.1) is 17.2 Å². The number of rotatable bonds is 3. The second-order valence-corrected chi connectivity index (χ2v) is 6.42. The molecule has 0 heterocycles. The third-order valence-electron chi connectivity index (χ3n) is 4.77. The molecule has 0 bridgehead atoms. The minimum Gasteiger partial charge on any atom is -0.192 e. The van der Waals surface area contributed by atoms with Crippen molar-refractivity contribution >= 4 is 0 Å². The molecule has 28 heavy (non-hydrogen) atoms. The number of hydrogen-bond acceptors (Lipinski definition) is 2. The van der Waals surface area contributed by atoms with Crippen molar-refractivity contribution < 1.29 is 0 Å². The van der Waals surface area contributed by atoms with Gasteiger partial charge in [0.25, 0.3) is 0 Å². The second-order valence-electron chi connectivity index (χ2n) is 6.42. The Hall–Kier alpha value is -4.14. The number of nitriles is 2. The first-order valence-corrected chi connectivity index (χ1v) is 9.01. The van der Waals surface area contributed by atoms with Gasteiger partial charge < -0.3 is 0 Å². The first kappa shape index (κ1) is 17.3. The van der Waals surface area contributed by atoms with Crippen LogP contribution in [0.5, 0.6) is 0 Å². The Morgan fingerprint density at radius 2 is 0.964 bits per heavy atom. The summed E-state index contributed by atoms with van der Waals surface area (Å²) in [5.41, 5.74) is 6.26. The maximum Gasteiger partial charge on any atom is 0.100 e. The molecule has 4 rings (SSSR count). The summed E-state index contributed by atoms with van der Waals surface area (Å²) in [5.74, 6) is 0. The molecule has 130 valence electrons. The van der Waals surface area contributed by atoms with Crippen molar-refractivity contribution in [3.8, 4) is 45.5 Å². The van der Waals surface area contributed by atoms with E-state index in [1.165, 1.54) is 0 Å². The van der Waals surface area contributed by atoms with Crippen LogP contribution in [0.1, 0.15) is 11.1 Å². The summed E-state index contributed by atoms with van der Waals surface area (Å²) in [4.78, 5) is 0. The number of benzene rings is 4. The van der Waals surface area contributed by atoms with Gasteiger partial charge in [0.1, 0.15) is 6.07 Å². The Morgan fingerprint density at radius 1 is 0.500 bits per heavy atom. The Bertz CT molecular complexity index is 1200. The van der Waals surface area contributed by atoms with Gasteiger partial charge in [-0.25, -0.2) is 0 Å². The molecule has 0 aliphatic heterocycles. The largest absolute Gasteiger partial charge is 0.192 e. The Labute approximate surface area is 164 Å². The fraction of sp³-hybridized carbons (Fsp3) is 0. The van der Waals surface area contributed by atoms with Crippen LogP contribution < -0.4 is 0 Å². The summed E-state index contributed by atoms with van der Waals surface area (Å²) in [5, 5.41) is 20.0. The first-order valence-electron chi connectivity index (χ1n) is 9.01. The molecule has 4 aromatic rings. The fourth-order valence-corrected chi connectivity index (χ4v) is 3.54. The van der Waals surface area contributed by atoms with Gasteiger partial charge in [-0.2, -0.15) is 10.5 Å². The van der Waals surface area contributed by atoms with Gasteiger partial charge in [-0.15, -0.1) is 0 Å². The van der Waals surface area contributed by atoms with E-state index in [-0.39, 0.29) is 0 Å². The molecule has 0 aromatic heterocycles. The minimum atomic E-state index is 0.501. The predicted molar refractivity (Wildman–Crippen MR) is 112 cm³/mol. The van der Waals surface area contributed by atoms with Gasteiger partial charge in [0, 0.05) is 11.1 Å². The zero-order chi connectivity index (χ0) is 19.3. The Kier molecular flexibility index (Phi) is 4.70. The monoisotopic (exact) mass is 356 g/mol. The summed E-state index contributed by atoms with van der Waals surface area (Å²) >= 11 is 0. The average Bonchev–Trinajstić information content (AvgIpc) is 2.79. The molecule has 0 saturated carbocycles. The van der Waals surface area contributed by atoms with Crippen LogP contribution in [0.2, 0.25) is 0 Å². The molecule has 4 aromatic carbocycles. The van der Waals surface area contributed by atoms with Crippen LogP contribution in [-0.2, 0) is 0 Å². The normalized spacial score (nSPS) is 10.1. The standard InChI is InChI=1S/C26H16N2/c27-17-22-16-23(19-10-4-1-5-11-19)26(21-14-8-3-9-15-21)24(18-28)25(22)20-12-6-2-7-13-20/h1-16H. The smallest absolute Gasteiger partial charge is 0.100 e. The van der Waals surface area contributed by atoms with E-state index in [4.69, 9.17) is 0 Å². The molecule has 0 aliphatic carbocycles. The molecule has 0 saturated heterocycles. The average molecular weight is 356 g/mol. The van der Waals surface area contributed by atoms with E-state index >= 15 is 0 Å². The molecule has 0 N–H and O–H groups in total. The summed E-state index contributed by atoms with van der Waals surface area (Å²) in [6.07, 6.45) is 0. The van der Waals surface area contributed by atoms with Crippen LogP contribution in [0.4, 0.5) is 0 Å². The lowest BCUT2D eigenvalue weighted by atomic mass is 9.83. The third kappa shape index (κ3) is 3.05.